The first kappa shape index (κ1) is 12.4. The van der Waals surface area contributed by atoms with E-state index in [-0.39, 0.29) is 0 Å². The van der Waals surface area contributed by atoms with Gasteiger partial charge in [-0.15, -0.1) is 0 Å². The van der Waals surface area contributed by atoms with Crippen molar-refractivity contribution < 1.29 is 4.74 Å². The molecule has 0 radical (unpaired) electrons. The Kier molecular flexibility index (Phi) is 4.20. The van der Waals surface area contributed by atoms with Crippen LogP contribution in [0.5, 0.6) is 11.6 Å². The lowest BCUT2D eigenvalue weighted by Crippen LogP contribution is -2.22. The van der Waals surface area contributed by atoms with Gasteiger partial charge >= 0.3 is 0 Å². The molecule has 2 heterocycles. The molecule has 0 spiro atoms. The molecule has 0 amide bonds. The van der Waals surface area contributed by atoms with Gasteiger partial charge in [-0.05, 0) is 12.1 Å². The normalized spacial score (nSPS) is 10.6. The predicted molar refractivity (Wildman–Crippen MR) is 68.3 cm³/mol. The molecule has 0 aliphatic heterocycles. The molecule has 0 atom stereocenters. The van der Waals surface area contributed by atoms with Gasteiger partial charge in [0.2, 0.25) is 5.88 Å². The molecule has 0 saturated carbocycles. The monoisotopic (exact) mass is 244 g/mol. The lowest BCUT2D eigenvalue weighted by Gasteiger charge is -2.08. The highest BCUT2D eigenvalue weighted by atomic mass is 16.5. The Morgan fingerprint density at radius 3 is 2.83 bits per heavy atom. The van der Waals surface area contributed by atoms with Crippen LogP contribution in [0.15, 0.2) is 36.9 Å². The Hall–Kier alpha value is -2.01. The summed E-state index contributed by atoms with van der Waals surface area (Å²) in [7, 11) is 0. The van der Waals surface area contributed by atoms with Crippen molar-refractivity contribution in [2.45, 2.75) is 26.4 Å². The third-order valence-corrected chi connectivity index (χ3v) is 2.21. The van der Waals surface area contributed by atoms with Crippen LogP contribution in [0, 0.1) is 0 Å². The Balaban J connectivity index is 2.03. The highest BCUT2D eigenvalue weighted by Crippen LogP contribution is 2.16. The quantitative estimate of drug-likeness (QED) is 0.873. The Bertz CT molecular complexity index is 487. The number of pyridine rings is 1. The second-order valence-electron chi connectivity index (χ2n) is 4.18. The van der Waals surface area contributed by atoms with Gasteiger partial charge < -0.3 is 10.1 Å². The van der Waals surface area contributed by atoms with Crippen molar-refractivity contribution in [3.63, 3.8) is 0 Å². The van der Waals surface area contributed by atoms with E-state index < -0.39 is 0 Å². The molecule has 18 heavy (non-hydrogen) atoms. The van der Waals surface area contributed by atoms with Gasteiger partial charge in [0.05, 0.1) is 18.1 Å². The molecule has 0 fully saturated rings. The standard InChI is InChI=1S/C13H16N4O/c1-10(2)16-7-11-6-15-9-13(17-11)18-12-4-3-5-14-8-12/h3-6,8-10,16H,7H2,1-2H3. The summed E-state index contributed by atoms with van der Waals surface area (Å²) in [6.07, 6.45) is 6.65. The summed E-state index contributed by atoms with van der Waals surface area (Å²) in [5.41, 5.74) is 0.852. The number of nitrogens with zero attached hydrogens (tertiary/aromatic N) is 3. The molecular formula is C13H16N4O. The second kappa shape index (κ2) is 6.07. The van der Waals surface area contributed by atoms with E-state index in [1.165, 1.54) is 0 Å². The molecule has 94 valence electrons. The molecule has 5 nitrogen and oxygen atoms in total. The number of hydrogen-bond donors (Lipinski definition) is 1. The second-order valence-corrected chi connectivity index (χ2v) is 4.18. The lowest BCUT2D eigenvalue weighted by molar-refractivity contribution is 0.453. The summed E-state index contributed by atoms with van der Waals surface area (Å²) in [6.45, 7) is 4.85. The largest absolute Gasteiger partial charge is 0.436 e. The average molecular weight is 244 g/mol. The van der Waals surface area contributed by atoms with Crippen LogP contribution in [0.1, 0.15) is 19.5 Å². The third-order valence-electron chi connectivity index (χ3n) is 2.21. The van der Waals surface area contributed by atoms with E-state index in [9.17, 15) is 0 Å². The fourth-order valence-electron chi connectivity index (χ4n) is 1.36. The zero-order valence-corrected chi connectivity index (χ0v) is 10.5. The van der Waals surface area contributed by atoms with Gasteiger partial charge in [-0.1, -0.05) is 13.8 Å². The van der Waals surface area contributed by atoms with E-state index in [1.54, 1.807) is 24.8 Å². The van der Waals surface area contributed by atoms with Gasteiger partial charge in [0, 0.05) is 25.0 Å². The predicted octanol–water partition coefficient (Wildman–Crippen LogP) is 2.16. The lowest BCUT2D eigenvalue weighted by atomic mass is 10.3. The Morgan fingerprint density at radius 2 is 2.11 bits per heavy atom. The van der Waals surface area contributed by atoms with Crippen molar-refractivity contribution >= 4 is 0 Å². The van der Waals surface area contributed by atoms with Gasteiger partial charge in [-0.25, -0.2) is 4.98 Å². The maximum absolute atomic E-state index is 5.56. The number of rotatable bonds is 5. The van der Waals surface area contributed by atoms with Crippen molar-refractivity contribution in [2.24, 2.45) is 0 Å². The Labute approximate surface area is 106 Å². The van der Waals surface area contributed by atoms with E-state index in [1.807, 2.05) is 12.1 Å². The fraction of sp³-hybridized carbons (Fsp3) is 0.308. The molecule has 2 aromatic heterocycles. The molecule has 2 rings (SSSR count). The number of aromatic nitrogens is 3. The molecule has 0 aromatic carbocycles. The van der Waals surface area contributed by atoms with Crippen LogP contribution < -0.4 is 10.1 Å². The summed E-state index contributed by atoms with van der Waals surface area (Å²) < 4.78 is 5.56. The van der Waals surface area contributed by atoms with Crippen molar-refractivity contribution in [3.05, 3.63) is 42.6 Å². The molecule has 0 bridgehead atoms. The average Bonchev–Trinajstić information content (AvgIpc) is 2.38. The van der Waals surface area contributed by atoms with Crippen LogP contribution in [0.3, 0.4) is 0 Å². The minimum Gasteiger partial charge on any atom is -0.436 e. The topological polar surface area (TPSA) is 59.9 Å². The van der Waals surface area contributed by atoms with Crippen molar-refractivity contribution in [3.8, 4) is 11.6 Å². The SMILES string of the molecule is CC(C)NCc1cncc(Oc2cccnc2)n1. The van der Waals surface area contributed by atoms with E-state index in [2.05, 4.69) is 34.1 Å². The van der Waals surface area contributed by atoms with Crippen molar-refractivity contribution in [1.29, 1.82) is 0 Å². The van der Waals surface area contributed by atoms with Crippen LogP contribution in [0.4, 0.5) is 0 Å². The van der Waals surface area contributed by atoms with E-state index >= 15 is 0 Å². The summed E-state index contributed by atoms with van der Waals surface area (Å²) in [4.78, 5) is 12.5. The summed E-state index contributed by atoms with van der Waals surface area (Å²) in [5, 5.41) is 3.28. The van der Waals surface area contributed by atoms with Crippen LogP contribution in [-0.4, -0.2) is 21.0 Å². The minimum absolute atomic E-state index is 0.412. The molecule has 5 heteroatoms. The van der Waals surface area contributed by atoms with Gasteiger partial charge in [0.25, 0.3) is 0 Å². The van der Waals surface area contributed by atoms with Crippen LogP contribution in [0.2, 0.25) is 0 Å². The van der Waals surface area contributed by atoms with Crippen LogP contribution in [-0.2, 0) is 6.54 Å². The Morgan fingerprint density at radius 1 is 1.22 bits per heavy atom. The number of ether oxygens (including phenoxy) is 1. The van der Waals surface area contributed by atoms with E-state index in [4.69, 9.17) is 4.74 Å². The van der Waals surface area contributed by atoms with Crippen LogP contribution in [0.25, 0.3) is 0 Å². The summed E-state index contributed by atoms with van der Waals surface area (Å²) >= 11 is 0. The van der Waals surface area contributed by atoms with Crippen molar-refractivity contribution in [2.75, 3.05) is 0 Å². The maximum atomic E-state index is 5.56. The highest BCUT2D eigenvalue weighted by molar-refractivity contribution is 5.22. The first-order valence-electron chi connectivity index (χ1n) is 5.86. The van der Waals surface area contributed by atoms with Gasteiger partial charge in [0.1, 0.15) is 5.75 Å². The minimum atomic E-state index is 0.412. The molecular weight excluding hydrogens is 228 g/mol. The molecule has 2 aromatic rings. The van der Waals surface area contributed by atoms with E-state index in [0.29, 0.717) is 24.2 Å². The number of hydrogen-bond acceptors (Lipinski definition) is 5. The molecule has 0 aliphatic carbocycles. The molecule has 0 saturated heterocycles. The molecule has 1 N–H and O–H groups in total. The van der Waals surface area contributed by atoms with Crippen molar-refractivity contribution in [1.82, 2.24) is 20.3 Å². The highest BCUT2D eigenvalue weighted by Gasteiger charge is 2.02. The first-order chi connectivity index (χ1) is 8.74. The zero-order valence-electron chi connectivity index (χ0n) is 10.5. The first-order valence-corrected chi connectivity index (χ1v) is 5.86. The summed E-state index contributed by atoms with van der Waals surface area (Å²) in [6, 6.07) is 4.05. The molecule has 0 aliphatic rings. The van der Waals surface area contributed by atoms with Gasteiger partial charge in [-0.2, -0.15) is 0 Å². The van der Waals surface area contributed by atoms with Gasteiger partial charge in [0.15, 0.2) is 0 Å². The van der Waals surface area contributed by atoms with E-state index in [0.717, 1.165) is 5.69 Å². The molecule has 0 unspecified atom stereocenters. The zero-order chi connectivity index (χ0) is 12.8. The van der Waals surface area contributed by atoms with Crippen LogP contribution >= 0.6 is 0 Å². The smallest absolute Gasteiger partial charge is 0.238 e. The third kappa shape index (κ3) is 3.78. The maximum Gasteiger partial charge on any atom is 0.238 e. The fourth-order valence-corrected chi connectivity index (χ4v) is 1.36. The number of nitrogens with one attached hydrogen (secondary N) is 1. The summed E-state index contributed by atoms with van der Waals surface area (Å²) in [5.74, 6) is 1.13. The van der Waals surface area contributed by atoms with Gasteiger partial charge in [-0.3, -0.25) is 9.97 Å².